The van der Waals surface area contributed by atoms with Crippen molar-refractivity contribution in [1.82, 2.24) is 0 Å². The van der Waals surface area contributed by atoms with Gasteiger partial charge in [-0.3, -0.25) is 4.79 Å². The largest absolute Gasteiger partial charge is 0.493 e. The molecule has 2 rings (SSSR count). The Morgan fingerprint density at radius 2 is 1.82 bits per heavy atom. The Labute approximate surface area is 134 Å². The topological polar surface area (TPSA) is 29.5 Å². The molecule has 1 aliphatic heterocycles. The molecule has 3 heteroatoms. The lowest BCUT2D eigenvalue weighted by molar-refractivity contribution is -0.119. The number of rotatable bonds is 8. The summed E-state index contributed by atoms with van der Waals surface area (Å²) < 4.78 is 5.94. The molecule has 0 amide bonds. The van der Waals surface area contributed by atoms with Gasteiger partial charge in [-0.2, -0.15) is 0 Å². The molecule has 1 aliphatic rings. The second-order valence-corrected chi connectivity index (χ2v) is 6.25. The average molecular weight is 303 g/mol. The summed E-state index contributed by atoms with van der Waals surface area (Å²) in [6, 6.07) is 8.33. The first-order chi connectivity index (χ1) is 10.7. The molecular weight excluding hydrogens is 274 g/mol. The van der Waals surface area contributed by atoms with Gasteiger partial charge in [-0.1, -0.05) is 33.1 Å². The van der Waals surface area contributed by atoms with E-state index in [2.05, 4.69) is 43.0 Å². The Morgan fingerprint density at radius 1 is 1.14 bits per heavy atom. The summed E-state index contributed by atoms with van der Waals surface area (Å²) >= 11 is 0. The summed E-state index contributed by atoms with van der Waals surface area (Å²) in [6.07, 6.45) is 6.33. The SMILES string of the molecule is CCCCC(CC)COc1ccc(N2CCC(=O)CC2)cc1. The zero-order valence-corrected chi connectivity index (χ0v) is 14.0. The van der Waals surface area contributed by atoms with Crippen LogP contribution in [0.25, 0.3) is 0 Å². The minimum Gasteiger partial charge on any atom is -0.493 e. The highest BCUT2D eigenvalue weighted by atomic mass is 16.5. The number of hydrogen-bond acceptors (Lipinski definition) is 3. The number of nitrogens with zero attached hydrogens (tertiary/aromatic N) is 1. The molecular formula is C19H29NO2. The third-order valence-electron chi connectivity index (χ3n) is 4.55. The first-order valence-corrected chi connectivity index (χ1v) is 8.72. The maximum Gasteiger partial charge on any atom is 0.136 e. The van der Waals surface area contributed by atoms with Gasteiger partial charge in [0.25, 0.3) is 0 Å². The van der Waals surface area contributed by atoms with Crippen LogP contribution in [0.15, 0.2) is 24.3 Å². The number of ether oxygens (including phenoxy) is 1. The van der Waals surface area contributed by atoms with Crippen molar-refractivity contribution in [2.75, 3.05) is 24.6 Å². The van der Waals surface area contributed by atoms with E-state index in [4.69, 9.17) is 4.74 Å². The minimum atomic E-state index is 0.383. The summed E-state index contributed by atoms with van der Waals surface area (Å²) in [5.74, 6) is 1.99. The van der Waals surface area contributed by atoms with Gasteiger partial charge >= 0.3 is 0 Å². The fourth-order valence-corrected chi connectivity index (χ4v) is 2.88. The molecule has 1 fully saturated rings. The van der Waals surface area contributed by atoms with Gasteiger partial charge in [0.05, 0.1) is 6.61 Å². The molecule has 1 atom stereocenters. The van der Waals surface area contributed by atoms with Gasteiger partial charge in [0.15, 0.2) is 0 Å². The predicted molar refractivity (Wildman–Crippen MR) is 91.7 cm³/mol. The van der Waals surface area contributed by atoms with Crippen LogP contribution in [-0.4, -0.2) is 25.5 Å². The van der Waals surface area contributed by atoms with Gasteiger partial charge in [-0.05, 0) is 36.6 Å². The summed E-state index contributed by atoms with van der Waals surface area (Å²) in [4.78, 5) is 13.6. The number of hydrogen-bond donors (Lipinski definition) is 0. The smallest absolute Gasteiger partial charge is 0.136 e. The van der Waals surface area contributed by atoms with Gasteiger partial charge in [-0.15, -0.1) is 0 Å². The van der Waals surface area contributed by atoms with E-state index in [1.54, 1.807) is 0 Å². The van der Waals surface area contributed by atoms with Crippen LogP contribution in [0.5, 0.6) is 5.75 Å². The third-order valence-corrected chi connectivity index (χ3v) is 4.55. The Hall–Kier alpha value is -1.51. The number of unbranched alkanes of at least 4 members (excludes halogenated alkanes) is 1. The molecule has 3 nitrogen and oxygen atoms in total. The Balaban J connectivity index is 1.82. The van der Waals surface area contributed by atoms with E-state index in [-0.39, 0.29) is 0 Å². The fraction of sp³-hybridized carbons (Fsp3) is 0.632. The lowest BCUT2D eigenvalue weighted by Crippen LogP contribution is -2.33. The molecule has 22 heavy (non-hydrogen) atoms. The fourth-order valence-electron chi connectivity index (χ4n) is 2.88. The first-order valence-electron chi connectivity index (χ1n) is 8.72. The maximum absolute atomic E-state index is 11.3. The molecule has 1 heterocycles. The lowest BCUT2D eigenvalue weighted by atomic mass is 10.0. The molecule has 122 valence electrons. The number of piperidine rings is 1. The van der Waals surface area contributed by atoms with E-state index >= 15 is 0 Å². The Bertz CT molecular complexity index is 445. The van der Waals surface area contributed by atoms with Gasteiger partial charge in [0, 0.05) is 31.6 Å². The average Bonchev–Trinajstić information content (AvgIpc) is 2.56. The van der Waals surface area contributed by atoms with E-state index in [0.29, 0.717) is 24.5 Å². The van der Waals surface area contributed by atoms with Crippen LogP contribution >= 0.6 is 0 Å². The molecule has 1 saturated heterocycles. The molecule has 1 unspecified atom stereocenters. The van der Waals surface area contributed by atoms with E-state index in [1.165, 1.54) is 31.4 Å². The third kappa shape index (κ3) is 5.04. The van der Waals surface area contributed by atoms with Gasteiger partial charge < -0.3 is 9.64 Å². The number of anilines is 1. The second-order valence-electron chi connectivity index (χ2n) is 6.25. The van der Waals surface area contributed by atoms with Crippen molar-refractivity contribution in [3.8, 4) is 5.75 Å². The monoisotopic (exact) mass is 303 g/mol. The normalized spacial score (nSPS) is 16.6. The number of carbonyl (C=O) groups is 1. The maximum atomic E-state index is 11.3. The zero-order chi connectivity index (χ0) is 15.8. The van der Waals surface area contributed by atoms with E-state index in [9.17, 15) is 4.79 Å². The number of benzene rings is 1. The highest BCUT2D eigenvalue weighted by Crippen LogP contribution is 2.23. The standard InChI is InChI=1S/C19H29NO2/c1-3-5-6-16(4-2)15-22-19-9-7-17(8-10-19)20-13-11-18(21)12-14-20/h7-10,16H,3-6,11-15H2,1-2H3. The van der Waals surface area contributed by atoms with Crippen LogP contribution in [0.4, 0.5) is 5.69 Å². The molecule has 0 saturated carbocycles. The second kappa shape index (κ2) is 8.82. The van der Waals surface area contributed by atoms with E-state index < -0.39 is 0 Å². The Morgan fingerprint density at radius 3 is 2.41 bits per heavy atom. The van der Waals surface area contributed by atoms with Crippen molar-refractivity contribution >= 4 is 11.5 Å². The summed E-state index contributed by atoms with van der Waals surface area (Å²) in [6.45, 7) is 6.97. The summed E-state index contributed by atoms with van der Waals surface area (Å²) in [7, 11) is 0. The van der Waals surface area contributed by atoms with Crippen LogP contribution < -0.4 is 9.64 Å². The molecule has 0 N–H and O–H groups in total. The molecule has 0 spiro atoms. The van der Waals surface area contributed by atoms with Crippen molar-refractivity contribution in [2.45, 2.75) is 52.4 Å². The number of Topliss-reactive ketones (excluding diaryl/α,β-unsaturated/α-hetero) is 1. The molecule has 0 aliphatic carbocycles. The van der Waals surface area contributed by atoms with E-state index in [1.807, 2.05) is 0 Å². The van der Waals surface area contributed by atoms with Crippen LogP contribution in [0.3, 0.4) is 0 Å². The predicted octanol–water partition coefficient (Wildman–Crippen LogP) is 4.45. The minimum absolute atomic E-state index is 0.383. The Kier molecular flexibility index (Phi) is 6.75. The van der Waals surface area contributed by atoms with Crippen molar-refractivity contribution in [3.63, 3.8) is 0 Å². The van der Waals surface area contributed by atoms with Gasteiger partial charge in [-0.25, -0.2) is 0 Å². The summed E-state index contributed by atoms with van der Waals surface area (Å²) in [5, 5.41) is 0. The van der Waals surface area contributed by atoms with Gasteiger partial charge in [0.1, 0.15) is 11.5 Å². The molecule has 0 radical (unpaired) electrons. The van der Waals surface area contributed by atoms with Crippen LogP contribution in [0, 0.1) is 5.92 Å². The molecule has 1 aromatic rings. The molecule has 1 aromatic carbocycles. The highest BCUT2D eigenvalue weighted by Gasteiger charge is 2.16. The lowest BCUT2D eigenvalue weighted by Gasteiger charge is -2.28. The van der Waals surface area contributed by atoms with Crippen LogP contribution in [0.2, 0.25) is 0 Å². The van der Waals surface area contributed by atoms with Crippen LogP contribution in [0.1, 0.15) is 52.4 Å². The zero-order valence-electron chi connectivity index (χ0n) is 14.0. The van der Waals surface area contributed by atoms with Gasteiger partial charge in [0.2, 0.25) is 0 Å². The summed E-state index contributed by atoms with van der Waals surface area (Å²) in [5.41, 5.74) is 1.19. The van der Waals surface area contributed by atoms with Crippen LogP contribution in [-0.2, 0) is 4.79 Å². The number of ketones is 1. The van der Waals surface area contributed by atoms with Crippen molar-refractivity contribution in [2.24, 2.45) is 5.92 Å². The van der Waals surface area contributed by atoms with Crippen molar-refractivity contribution in [1.29, 1.82) is 0 Å². The molecule has 0 bridgehead atoms. The first kappa shape index (κ1) is 16.9. The van der Waals surface area contributed by atoms with Crippen molar-refractivity contribution in [3.05, 3.63) is 24.3 Å². The quantitative estimate of drug-likeness (QED) is 0.710. The van der Waals surface area contributed by atoms with E-state index in [0.717, 1.165) is 25.4 Å². The number of carbonyl (C=O) groups excluding carboxylic acids is 1. The van der Waals surface area contributed by atoms with Crippen molar-refractivity contribution < 1.29 is 9.53 Å². The highest BCUT2D eigenvalue weighted by molar-refractivity contribution is 5.81. The molecule has 0 aromatic heterocycles.